The van der Waals surface area contributed by atoms with Gasteiger partial charge in [-0.3, -0.25) is 9.78 Å². The number of hydrogen-bond donors (Lipinski definition) is 1. The van der Waals surface area contributed by atoms with E-state index in [0.717, 1.165) is 12.1 Å². The number of aromatic nitrogens is 2. The van der Waals surface area contributed by atoms with Gasteiger partial charge in [0.25, 0.3) is 5.91 Å². The van der Waals surface area contributed by atoms with Gasteiger partial charge in [0.05, 0.1) is 12.4 Å². The van der Waals surface area contributed by atoms with Crippen molar-refractivity contribution >= 4 is 34.8 Å². The SMILES string of the molecule is O=C(Nc1cc(F)cc(Cl)c1)c1cncc(Cl)n1. The van der Waals surface area contributed by atoms with Crippen molar-refractivity contribution in [2.45, 2.75) is 0 Å². The van der Waals surface area contributed by atoms with Gasteiger partial charge < -0.3 is 5.32 Å². The van der Waals surface area contributed by atoms with Crippen molar-refractivity contribution in [1.82, 2.24) is 9.97 Å². The molecule has 1 heterocycles. The Morgan fingerprint density at radius 1 is 1.22 bits per heavy atom. The standard InChI is InChI=1S/C11H6Cl2FN3O/c12-6-1-7(14)3-8(2-6)16-11(18)9-4-15-5-10(13)17-9/h1-5H,(H,16,18). The number of carbonyl (C=O) groups excluding carboxylic acids is 1. The lowest BCUT2D eigenvalue weighted by molar-refractivity contribution is 0.102. The molecule has 0 saturated carbocycles. The molecule has 1 N–H and O–H groups in total. The van der Waals surface area contributed by atoms with E-state index in [1.54, 1.807) is 0 Å². The molecular weight excluding hydrogens is 280 g/mol. The zero-order valence-electron chi connectivity index (χ0n) is 8.82. The quantitative estimate of drug-likeness (QED) is 0.922. The molecule has 0 saturated heterocycles. The predicted molar refractivity (Wildman–Crippen MR) is 66.4 cm³/mol. The molecule has 0 bridgehead atoms. The van der Waals surface area contributed by atoms with E-state index in [-0.39, 0.29) is 21.6 Å². The number of nitrogens with zero attached hydrogens (tertiary/aromatic N) is 2. The van der Waals surface area contributed by atoms with Crippen molar-refractivity contribution < 1.29 is 9.18 Å². The molecule has 4 nitrogen and oxygen atoms in total. The average Bonchev–Trinajstić information content (AvgIpc) is 2.27. The Bertz CT molecular complexity index is 586. The van der Waals surface area contributed by atoms with Gasteiger partial charge in [-0.1, -0.05) is 23.2 Å². The summed E-state index contributed by atoms with van der Waals surface area (Å²) in [6.45, 7) is 0. The number of hydrogen-bond acceptors (Lipinski definition) is 3. The first-order valence-corrected chi connectivity index (χ1v) is 5.55. The van der Waals surface area contributed by atoms with E-state index in [0.29, 0.717) is 0 Å². The predicted octanol–water partition coefficient (Wildman–Crippen LogP) is 3.17. The van der Waals surface area contributed by atoms with Crippen LogP contribution in [-0.4, -0.2) is 15.9 Å². The molecule has 1 amide bonds. The molecule has 0 aliphatic heterocycles. The number of benzene rings is 1. The Balaban J connectivity index is 2.21. The largest absolute Gasteiger partial charge is 0.320 e. The normalized spacial score (nSPS) is 10.2. The number of nitrogens with one attached hydrogen (secondary N) is 1. The molecule has 2 rings (SSSR count). The molecule has 0 fully saturated rings. The van der Waals surface area contributed by atoms with E-state index >= 15 is 0 Å². The summed E-state index contributed by atoms with van der Waals surface area (Å²) >= 11 is 11.3. The third-order valence-corrected chi connectivity index (χ3v) is 2.36. The number of anilines is 1. The summed E-state index contributed by atoms with van der Waals surface area (Å²) in [6, 6.07) is 3.69. The third-order valence-electron chi connectivity index (χ3n) is 1.96. The maximum atomic E-state index is 13.1. The molecule has 0 unspecified atom stereocenters. The molecule has 0 radical (unpaired) electrons. The summed E-state index contributed by atoms with van der Waals surface area (Å²) in [5.74, 6) is -1.10. The highest BCUT2D eigenvalue weighted by Crippen LogP contribution is 2.18. The molecule has 18 heavy (non-hydrogen) atoms. The van der Waals surface area contributed by atoms with E-state index in [9.17, 15) is 9.18 Å². The van der Waals surface area contributed by atoms with Crippen LogP contribution < -0.4 is 5.32 Å². The molecule has 92 valence electrons. The van der Waals surface area contributed by atoms with Crippen molar-refractivity contribution in [2.75, 3.05) is 5.32 Å². The van der Waals surface area contributed by atoms with Crippen molar-refractivity contribution in [3.8, 4) is 0 Å². The second-order valence-corrected chi connectivity index (χ2v) is 4.16. The van der Waals surface area contributed by atoms with Crippen LogP contribution in [0, 0.1) is 5.82 Å². The van der Waals surface area contributed by atoms with Gasteiger partial charge in [-0.15, -0.1) is 0 Å². The molecule has 0 aliphatic carbocycles. The van der Waals surface area contributed by atoms with Crippen LogP contribution in [0.3, 0.4) is 0 Å². The minimum Gasteiger partial charge on any atom is -0.320 e. The number of carbonyl (C=O) groups is 1. The maximum absolute atomic E-state index is 13.1. The Labute approximate surface area is 112 Å². The summed E-state index contributed by atoms with van der Waals surface area (Å²) in [5, 5.41) is 2.72. The summed E-state index contributed by atoms with van der Waals surface area (Å²) in [5.41, 5.74) is 0.259. The van der Waals surface area contributed by atoms with Gasteiger partial charge in [-0.2, -0.15) is 0 Å². The molecule has 1 aromatic heterocycles. The number of amides is 1. The number of halogens is 3. The Morgan fingerprint density at radius 2 is 2.00 bits per heavy atom. The van der Waals surface area contributed by atoms with E-state index in [2.05, 4.69) is 15.3 Å². The van der Waals surface area contributed by atoms with E-state index < -0.39 is 11.7 Å². The summed E-state index contributed by atoms with van der Waals surface area (Å²) < 4.78 is 13.1. The summed E-state index contributed by atoms with van der Waals surface area (Å²) in [7, 11) is 0. The topological polar surface area (TPSA) is 54.9 Å². The first-order valence-electron chi connectivity index (χ1n) is 4.79. The van der Waals surface area contributed by atoms with Crippen LogP contribution >= 0.6 is 23.2 Å². The Hall–Kier alpha value is -1.72. The highest BCUT2D eigenvalue weighted by atomic mass is 35.5. The van der Waals surface area contributed by atoms with Crippen LogP contribution in [0.15, 0.2) is 30.6 Å². The van der Waals surface area contributed by atoms with Gasteiger partial charge in [-0.25, -0.2) is 9.37 Å². The van der Waals surface area contributed by atoms with Gasteiger partial charge in [0, 0.05) is 10.7 Å². The molecular formula is C11H6Cl2FN3O. The monoisotopic (exact) mass is 285 g/mol. The van der Waals surface area contributed by atoms with E-state index in [4.69, 9.17) is 23.2 Å². The first kappa shape index (κ1) is 12.7. The molecule has 0 spiro atoms. The molecule has 1 aromatic carbocycles. The highest BCUT2D eigenvalue weighted by Gasteiger charge is 2.09. The van der Waals surface area contributed by atoms with Crippen molar-refractivity contribution in [3.05, 3.63) is 52.3 Å². The van der Waals surface area contributed by atoms with E-state index in [1.165, 1.54) is 18.5 Å². The van der Waals surface area contributed by atoms with Gasteiger partial charge >= 0.3 is 0 Å². The maximum Gasteiger partial charge on any atom is 0.275 e. The van der Waals surface area contributed by atoms with Crippen molar-refractivity contribution in [1.29, 1.82) is 0 Å². The van der Waals surface area contributed by atoms with Crippen LogP contribution in [0.4, 0.5) is 10.1 Å². The summed E-state index contributed by atoms with van der Waals surface area (Å²) in [6.07, 6.45) is 2.56. The van der Waals surface area contributed by atoms with Crippen LogP contribution in [0.5, 0.6) is 0 Å². The fourth-order valence-electron chi connectivity index (χ4n) is 1.27. The summed E-state index contributed by atoms with van der Waals surface area (Å²) in [4.78, 5) is 19.3. The third kappa shape index (κ3) is 3.15. The lowest BCUT2D eigenvalue weighted by Gasteiger charge is -2.05. The smallest absolute Gasteiger partial charge is 0.275 e. The molecule has 7 heteroatoms. The fourth-order valence-corrected chi connectivity index (χ4v) is 1.64. The van der Waals surface area contributed by atoms with Crippen LogP contribution in [0.2, 0.25) is 10.2 Å². The lowest BCUT2D eigenvalue weighted by Crippen LogP contribution is -2.14. The van der Waals surface area contributed by atoms with Crippen LogP contribution in [-0.2, 0) is 0 Å². The molecule has 2 aromatic rings. The van der Waals surface area contributed by atoms with Gasteiger partial charge in [0.15, 0.2) is 0 Å². The van der Waals surface area contributed by atoms with Gasteiger partial charge in [0.2, 0.25) is 0 Å². The zero-order chi connectivity index (χ0) is 13.1. The van der Waals surface area contributed by atoms with Crippen molar-refractivity contribution in [2.24, 2.45) is 0 Å². The van der Waals surface area contributed by atoms with E-state index in [1.807, 2.05) is 0 Å². The second kappa shape index (κ2) is 5.29. The first-order chi connectivity index (χ1) is 8.54. The van der Waals surface area contributed by atoms with Gasteiger partial charge in [0.1, 0.15) is 16.7 Å². The minimum absolute atomic E-state index is 0.0304. The average molecular weight is 286 g/mol. The Morgan fingerprint density at radius 3 is 2.67 bits per heavy atom. The second-order valence-electron chi connectivity index (χ2n) is 3.34. The van der Waals surface area contributed by atoms with Crippen molar-refractivity contribution in [3.63, 3.8) is 0 Å². The molecule has 0 aliphatic rings. The van der Waals surface area contributed by atoms with Crippen LogP contribution in [0.1, 0.15) is 10.5 Å². The Kier molecular flexibility index (Phi) is 3.74. The number of rotatable bonds is 2. The highest BCUT2D eigenvalue weighted by molar-refractivity contribution is 6.31. The van der Waals surface area contributed by atoms with Gasteiger partial charge in [-0.05, 0) is 18.2 Å². The molecule has 0 atom stereocenters. The zero-order valence-corrected chi connectivity index (χ0v) is 10.3. The van der Waals surface area contributed by atoms with Crippen LogP contribution in [0.25, 0.3) is 0 Å². The fraction of sp³-hybridized carbons (Fsp3) is 0. The lowest BCUT2D eigenvalue weighted by atomic mass is 10.3. The minimum atomic E-state index is -0.549.